The van der Waals surface area contributed by atoms with Crippen LogP contribution >= 0.6 is 59.1 Å². The van der Waals surface area contributed by atoms with Gasteiger partial charge in [-0.25, -0.2) is 0 Å². The van der Waals surface area contributed by atoms with Crippen LogP contribution in [0.4, 0.5) is 0 Å². The van der Waals surface area contributed by atoms with Crippen molar-refractivity contribution in [1.82, 2.24) is 0 Å². The minimum atomic E-state index is 0.361. The Morgan fingerprint density at radius 3 is 2.38 bits per heavy atom. The highest BCUT2D eigenvalue weighted by Crippen LogP contribution is 2.32. The third-order valence-corrected chi connectivity index (χ3v) is 4.87. The van der Waals surface area contributed by atoms with Gasteiger partial charge in [0.25, 0.3) is 0 Å². The van der Waals surface area contributed by atoms with Crippen molar-refractivity contribution >= 4 is 59.1 Å². The maximum atomic E-state index is 3.74. The van der Waals surface area contributed by atoms with Crippen LogP contribution < -0.4 is 0 Å². The van der Waals surface area contributed by atoms with Crippen LogP contribution in [0.15, 0.2) is 44.7 Å². The highest BCUT2D eigenvalue weighted by molar-refractivity contribution is 9.11. The first-order valence-electron chi connectivity index (χ1n) is 4.77. The fourth-order valence-corrected chi connectivity index (χ4v) is 4.39. The Kier molecular flexibility index (Phi) is 4.65. The second kappa shape index (κ2) is 5.80. The zero-order chi connectivity index (χ0) is 11.5. The molecule has 0 amide bonds. The molecule has 16 heavy (non-hydrogen) atoms. The van der Waals surface area contributed by atoms with Gasteiger partial charge in [-0.2, -0.15) is 0 Å². The second-order valence-corrected chi connectivity index (χ2v) is 7.42. The first kappa shape index (κ1) is 12.8. The molecule has 4 heteroatoms. The molecule has 0 aliphatic carbocycles. The van der Waals surface area contributed by atoms with E-state index in [9.17, 15) is 0 Å². The predicted octanol–water partition coefficient (Wildman–Crippen LogP) is 5.95. The molecular weight excluding hydrogens is 416 g/mol. The minimum Gasteiger partial charge on any atom is -0.149 e. The summed E-state index contributed by atoms with van der Waals surface area (Å²) in [6.07, 6.45) is 1.03. The lowest BCUT2D eigenvalue weighted by molar-refractivity contribution is 0.966. The number of alkyl halides is 1. The molecule has 0 radical (unpaired) electrons. The van der Waals surface area contributed by atoms with Crippen molar-refractivity contribution in [2.45, 2.75) is 11.2 Å². The van der Waals surface area contributed by atoms with Crippen LogP contribution in [0, 0.1) is 0 Å². The van der Waals surface area contributed by atoms with E-state index < -0.39 is 0 Å². The highest BCUT2D eigenvalue weighted by Gasteiger charge is 2.10. The zero-order valence-electron chi connectivity index (χ0n) is 8.29. The Hall–Kier alpha value is 0.360. The van der Waals surface area contributed by atoms with E-state index in [1.165, 1.54) is 10.4 Å². The number of benzene rings is 1. The van der Waals surface area contributed by atoms with Gasteiger partial charge in [0.15, 0.2) is 0 Å². The van der Waals surface area contributed by atoms with Crippen LogP contribution in [-0.4, -0.2) is 0 Å². The first-order chi connectivity index (χ1) is 7.65. The van der Waals surface area contributed by atoms with E-state index in [1.807, 2.05) is 6.07 Å². The Morgan fingerprint density at radius 2 is 1.81 bits per heavy atom. The minimum absolute atomic E-state index is 0.361. The Morgan fingerprint density at radius 1 is 1.12 bits per heavy atom. The van der Waals surface area contributed by atoms with Crippen molar-refractivity contribution in [3.8, 4) is 0 Å². The van der Waals surface area contributed by atoms with Gasteiger partial charge in [0.05, 0.1) is 0 Å². The van der Waals surface area contributed by atoms with Gasteiger partial charge in [0, 0.05) is 18.6 Å². The van der Waals surface area contributed by atoms with Crippen molar-refractivity contribution in [1.29, 1.82) is 0 Å². The SMILES string of the molecule is Brc1cc(Br)cc(C(Br)Cc2cccs2)c1. The zero-order valence-corrected chi connectivity index (χ0v) is 13.9. The smallest absolute Gasteiger partial charge is 0.0444 e. The summed E-state index contributed by atoms with van der Waals surface area (Å²) in [5, 5.41) is 2.12. The van der Waals surface area contributed by atoms with Crippen molar-refractivity contribution in [3.63, 3.8) is 0 Å². The Balaban J connectivity index is 2.17. The predicted molar refractivity (Wildman–Crippen MR) is 81.5 cm³/mol. The molecule has 1 atom stereocenters. The van der Waals surface area contributed by atoms with Gasteiger partial charge in [-0.05, 0) is 41.6 Å². The molecule has 1 aromatic carbocycles. The van der Waals surface area contributed by atoms with Crippen LogP contribution in [0.25, 0.3) is 0 Å². The summed E-state index contributed by atoms with van der Waals surface area (Å²) in [5.41, 5.74) is 1.29. The first-order valence-corrected chi connectivity index (χ1v) is 8.16. The maximum Gasteiger partial charge on any atom is 0.0444 e. The van der Waals surface area contributed by atoms with E-state index in [4.69, 9.17) is 0 Å². The summed E-state index contributed by atoms with van der Waals surface area (Å²) in [4.78, 5) is 1.76. The quantitative estimate of drug-likeness (QED) is 0.534. The van der Waals surface area contributed by atoms with Crippen molar-refractivity contribution in [3.05, 3.63) is 55.1 Å². The molecule has 0 nitrogen and oxygen atoms in total. The van der Waals surface area contributed by atoms with Crippen LogP contribution in [0.2, 0.25) is 0 Å². The molecule has 0 spiro atoms. The number of hydrogen-bond acceptors (Lipinski definition) is 1. The van der Waals surface area contributed by atoms with Crippen LogP contribution in [0.5, 0.6) is 0 Å². The Labute approximate surface area is 124 Å². The normalized spacial score (nSPS) is 12.7. The van der Waals surface area contributed by atoms with Gasteiger partial charge in [-0.15, -0.1) is 11.3 Å². The van der Waals surface area contributed by atoms with E-state index in [1.54, 1.807) is 11.3 Å². The molecular formula is C12H9Br3S. The standard InChI is InChI=1S/C12H9Br3S/c13-9-4-8(5-10(14)6-9)12(15)7-11-2-1-3-16-11/h1-6,12H,7H2. The van der Waals surface area contributed by atoms with Gasteiger partial charge < -0.3 is 0 Å². The molecule has 1 heterocycles. The molecule has 2 aromatic rings. The van der Waals surface area contributed by atoms with Crippen molar-refractivity contribution in [2.75, 3.05) is 0 Å². The van der Waals surface area contributed by atoms with Crippen LogP contribution in [0.3, 0.4) is 0 Å². The van der Waals surface area contributed by atoms with E-state index in [0.717, 1.165) is 15.4 Å². The van der Waals surface area contributed by atoms with Crippen LogP contribution in [0.1, 0.15) is 15.3 Å². The summed E-state index contributed by atoms with van der Waals surface area (Å²) in [7, 11) is 0. The molecule has 1 aromatic heterocycles. The van der Waals surface area contributed by atoms with Crippen LogP contribution in [-0.2, 0) is 6.42 Å². The monoisotopic (exact) mass is 422 g/mol. The largest absolute Gasteiger partial charge is 0.149 e. The fraction of sp³-hybridized carbons (Fsp3) is 0.167. The summed E-state index contributed by atoms with van der Waals surface area (Å²) in [5.74, 6) is 0. The molecule has 1 unspecified atom stereocenters. The molecule has 0 bridgehead atoms. The third-order valence-electron chi connectivity index (χ3n) is 2.21. The van der Waals surface area contributed by atoms with Gasteiger partial charge in [0.2, 0.25) is 0 Å². The third kappa shape index (κ3) is 3.42. The molecule has 0 aliphatic heterocycles. The van der Waals surface area contributed by atoms with Gasteiger partial charge >= 0.3 is 0 Å². The maximum absolute atomic E-state index is 3.74. The molecule has 0 saturated heterocycles. The lowest BCUT2D eigenvalue weighted by atomic mass is 10.1. The van der Waals surface area contributed by atoms with Gasteiger partial charge in [-0.1, -0.05) is 53.9 Å². The molecule has 0 fully saturated rings. The summed E-state index contributed by atoms with van der Waals surface area (Å²) in [6, 6.07) is 10.6. The molecule has 2 rings (SSSR count). The number of halogens is 3. The summed E-state index contributed by atoms with van der Waals surface area (Å²) >= 11 is 12.6. The number of thiophene rings is 1. The molecule has 0 saturated carbocycles. The van der Waals surface area contributed by atoms with E-state index in [-0.39, 0.29) is 0 Å². The number of hydrogen-bond donors (Lipinski definition) is 0. The average Bonchev–Trinajstić information content (AvgIpc) is 2.68. The second-order valence-electron chi connectivity index (χ2n) is 3.45. The molecule has 0 N–H and O–H groups in total. The topological polar surface area (TPSA) is 0 Å². The van der Waals surface area contributed by atoms with Gasteiger partial charge in [-0.3, -0.25) is 0 Å². The molecule has 84 valence electrons. The van der Waals surface area contributed by atoms with E-state index >= 15 is 0 Å². The fourth-order valence-electron chi connectivity index (χ4n) is 1.48. The van der Waals surface area contributed by atoms with Gasteiger partial charge in [0.1, 0.15) is 0 Å². The summed E-state index contributed by atoms with van der Waals surface area (Å²) < 4.78 is 2.21. The summed E-state index contributed by atoms with van der Waals surface area (Å²) in [6.45, 7) is 0. The lowest BCUT2D eigenvalue weighted by Gasteiger charge is -2.10. The van der Waals surface area contributed by atoms with E-state index in [0.29, 0.717) is 4.83 Å². The number of rotatable bonds is 3. The van der Waals surface area contributed by atoms with Crippen molar-refractivity contribution in [2.24, 2.45) is 0 Å². The highest BCUT2D eigenvalue weighted by atomic mass is 79.9. The lowest BCUT2D eigenvalue weighted by Crippen LogP contribution is -1.93. The molecule has 0 aliphatic rings. The van der Waals surface area contributed by atoms with Crippen molar-refractivity contribution < 1.29 is 0 Å². The average molecular weight is 425 g/mol. The van der Waals surface area contributed by atoms with E-state index in [2.05, 4.69) is 77.4 Å². The Bertz CT molecular complexity index is 445.